The van der Waals surface area contributed by atoms with Crippen LogP contribution in [0.5, 0.6) is 0 Å². The highest BCUT2D eigenvalue weighted by Crippen LogP contribution is 2.17. The molecule has 9 heteroatoms. The van der Waals surface area contributed by atoms with Gasteiger partial charge in [-0.3, -0.25) is 0 Å². The smallest absolute Gasteiger partial charge is 0.240 e. The quantitative estimate of drug-likeness (QED) is 0.709. The van der Waals surface area contributed by atoms with Gasteiger partial charge >= 0.3 is 0 Å². The van der Waals surface area contributed by atoms with Gasteiger partial charge in [-0.1, -0.05) is 22.8 Å². The minimum absolute atomic E-state index is 0.0810. The van der Waals surface area contributed by atoms with Gasteiger partial charge in [-0.15, -0.1) is 0 Å². The molecule has 0 aliphatic rings. The van der Waals surface area contributed by atoms with E-state index in [4.69, 9.17) is 16.1 Å². The molecule has 25 heavy (non-hydrogen) atoms. The lowest BCUT2D eigenvalue weighted by Crippen LogP contribution is -2.26. The number of hydrogen-bond acceptors (Lipinski definition) is 5. The molecule has 0 radical (unpaired) electrons. The predicted octanol–water partition coefficient (Wildman–Crippen LogP) is 3.05. The Morgan fingerprint density at radius 3 is 2.64 bits per heavy atom. The Hall–Kier alpha value is -2.29. The maximum Gasteiger partial charge on any atom is 0.240 e. The Bertz CT molecular complexity index is 974. The van der Waals surface area contributed by atoms with E-state index in [0.29, 0.717) is 16.4 Å². The van der Waals surface area contributed by atoms with Crippen LogP contribution in [0.4, 0.5) is 4.39 Å². The molecule has 3 aromatic rings. The summed E-state index contributed by atoms with van der Waals surface area (Å²) < 4.78 is 44.8. The first kappa shape index (κ1) is 17.5. The first-order chi connectivity index (χ1) is 11.9. The molecule has 1 heterocycles. The molecule has 1 aromatic heterocycles. The summed E-state index contributed by atoms with van der Waals surface area (Å²) in [4.78, 5) is 4.24. The van der Waals surface area contributed by atoms with Crippen LogP contribution in [0.2, 0.25) is 5.02 Å². The molecule has 0 spiro atoms. The van der Waals surface area contributed by atoms with Crippen molar-refractivity contribution in [3.05, 3.63) is 65.3 Å². The molecule has 6 nitrogen and oxygen atoms in total. The minimum Gasteiger partial charge on any atom is -0.339 e. The van der Waals surface area contributed by atoms with Gasteiger partial charge in [0.2, 0.25) is 21.7 Å². The van der Waals surface area contributed by atoms with Gasteiger partial charge in [-0.2, -0.15) is 4.98 Å². The van der Waals surface area contributed by atoms with Gasteiger partial charge in [0.1, 0.15) is 5.82 Å². The molecule has 0 aliphatic carbocycles. The van der Waals surface area contributed by atoms with Gasteiger partial charge in [-0.25, -0.2) is 17.5 Å². The van der Waals surface area contributed by atoms with Crippen molar-refractivity contribution in [2.24, 2.45) is 0 Å². The fourth-order valence-electron chi connectivity index (χ4n) is 2.08. The molecule has 130 valence electrons. The highest BCUT2D eigenvalue weighted by molar-refractivity contribution is 7.89. The molecule has 0 saturated heterocycles. The van der Waals surface area contributed by atoms with Crippen LogP contribution in [0.25, 0.3) is 11.4 Å². The summed E-state index contributed by atoms with van der Waals surface area (Å²) in [5, 5.41) is 4.13. The predicted molar refractivity (Wildman–Crippen MR) is 90.0 cm³/mol. The number of sulfonamides is 1. The lowest BCUT2D eigenvalue weighted by atomic mass is 10.2. The third-order valence-corrected chi connectivity index (χ3v) is 5.00. The molecule has 0 atom stereocenters. The summed E-state index contributed by atoms with van der Waals surface area (Å²) >= 11 is 5.80. The second-order valence-electron chi connectivity index (χ2n) is 5.12. The normalized spacial score (nSPS) is 11.6. The molecular weight excluding hydrogens is 369 g/mol. The summed E-state index contributed by atoms with van der Waals surface area (Å²) in [5.41, 5.74) is 0.607. The van der Waals surface area contributed by atoms with Gasteiger partial charge in [-0.05, 0) is 42.5 Å². The lowest BCUT2D eigenvalue weighted by Gasteiger charge is -2.05. The molecule has 2 aromatic carbocycles. The van der Waals surface area contributed by atoms with Gasteiger partial charge in [0.15, 0.2) is 0 Å². The average Bonchev–Trinajstić information content (AvgIpc) is 3.04. The number of nitrogens with zero attached hydrogens (tertiary/aromatic N) is 2. The molecule has 0 aliphatic heterocycles. The first-order valence-electron chi connectivity index (χ1n) is 7.28. The molecular formula is C16H13ClFN3O3S. The van der Waals surface area contributed by atoms with E-state index in [-0.39, 0.29) is 29.6 Å². The standard InChI is InChI=1S/C16H13ClFN3O3S/c17-12-2-1-3-14(10-12)25(22,23)19-9-8-15-20-16(21-24-15)11-4-6-13(18)7-5-11/h1-7,10,19H,8-9H2. The Kier molecular flexibility index (Phi) is 5.12. The zero-order valence-corrected chi connectivity index (χ0v) is 14.4. The molecule has 3 rings (SSSR count). The number of rotatable bonds is 6. The van der Waals surface area contributed by atoms with Crippen molar-refractivity contribution >= 4 is 21.6 Å². The molecule has 0 fully saturated rings. The molecule has 0 amide bonds. The van der Waals surface area contributed by atoms with Crippen LogP contribution in [0, 0.1) is 5.82 Å². The summed E-state index contributed by atoms with van der Waals surface area (Å²) in [6, 6.07) is 11.6. The van der Waals surface area contributed by atoms with Crippen molar-refractivity contribution in [2.75, 3.05) is 6.54 Å². The maximum atomic E-state index is 12.9. The number of hydrogen-bond donors (Lipinski definition) is 1. The van der Waals surface area contributed by atoms with Crippen LogP contribution in [0.1, 0.15) is 5.89 Å². The van der Waals surface area contributed by atoms with Crippen LogP contribution in [0.15, 0.2) is 57.9 Å². The Morgan fingerprint density at radius 2 is 1.92 bits per heavy atom. The van der Waals surface area contributed by atoms with Crippen LogP contribution in [-0.2, 0) is 16.4 Å². The second kappa shape index (κ2) is 7.30. The average molecular weight is 382 g/mol. The van der Waals surface area contributed by atoms with Crippen molar-refractivity contribution in [1.29, 1.82) is 0 Å². The van der Waals surface area contributed by atoms with E-state index in [1.165, 1.54) is 36.4 Å². The van der Waals surface area contributed by atoms with Gasteiger partial charge in [0.25, 0.3) is 0 Å². The number of aromatic nitrogens is 2. The summed E-state index contributed by atoms with van der Waals surface area (Å²) in [5.74, 6) is 0.226. The van der Waals surface area contributed by atoms with E-state index in [0.717, 1.165) is 0 Å². The third-order valence-electron chi connectivity index (χ3n) is 3.31. The number of nitrogens with one attached hydrogen (secondary N) is 1. The van der Waals surface area contributed by atoms with Crippen molar-refractivity contribution < 1.29 is 17.3 Å². The zero-order chi connectivity index (χ0) is 17.9. The van der Waals surface area contributed by atoms with E-state index in [9.17, 15) is 12.8 Å². The fourth-order valence-corrected chi connectivity index (χ4v) is 3.41. The molecule has 0 saturated carbocycles. The van der Waals surface area contributed by atoms with E-state index >= 15 is 0 Å². The Balaban J connectivity index is 1.62. The van der Waals surface area contributed by atoms with Gasteiger partial charge in [0, 0.05) is 23.6 Å². The Labute approximate surface area is 148 Å². The Morgan fingerprint density at radius 1 is 1.16 bits per heavy atom. The van der Waals surface area contributed by atoms with Crippen molar-refractivity contribution in [3.63, 3.8) is 0 Å². The molecule has 0 bridgehead atoms. The molecule has 1 N–H and O–H groups in total. The number of halogens is 2. The van der Waals surface area contributed by atoms with Crippen LogP contribution >= 0.6 is 11.6 Å². The van der Waals surface area contributed by atoms with Crippen LogP contribution in [0.3, 0.4) is 0 Å². The third kappa shape index (κ3) is 4.41. The summed E-state index contributed by atoms with van der Waals surface area (Å²) in [6.07, 6.45) is 0.216. The van der Waals surface area contributed by atoms with Crippen LogP contribution in [-0.4, -0.2) is 25.1 Å². The zero-order valence-electron chi connectivity index (χ0n) is 12.8. The largest absolute Gasteiger partial charge is 0.339 e. The maximum absolute atomic E-state index is 12.9. The van der Waals surface area contributed by atoms with Crippen molar-refractivity contribution in [1.82, 2.24) is 14.9 Å². The van der Waals surface area contributed by atoms with E-state index in [2.05, 4.69) is 14.9 Å². The minimum atomic E-state index is -3.67. The first-order valence-corrected chi connectivity index (χ1v) is 9.14. The van der Waals surface area contributed by atoms with Crippen molar-refractivity contribution in [2.45, 2.75) is 11.3 Å². The second-order valence-corrected chi connectivity index (χ2v) is 7.33. The summed E-state index contributed by atoms with van der Waals surface area (Å²) in [6.45, 7) is 0.0832. The molecule has 0 unspecified atom stereocenters. The highest BCUT2D eigenvalue weighted by Gasteiger charge is 2.15. The highest BCUT2D eigenvalue weighted by atomic mass is 35.5. The number of benzene rings is 2. The fraction of sp³-hybridized carbons (Fsp3) is 0.125. The monoisotopic (exact) mass is 381 g/mol. The summed E-state index contributed by atoms with van der Waals surface area (Å²) in [7, 11) is -3.67. The topological polar surface area (TPSA) is 85.1 Å². The van der Waals surface area contributed by atoms with Crippen molar-refractivity contribution in [3.8, 4) is 11.4 Å². The van der Waals surface area contributed by atoms with E-state index < -0.39 is 10.0 Å². The SMILES string of the molecule is O=S(=O)(NCCc1nc(-c2ccc(F)cc2)no1)c1cccc(Cl)c1. The van der Waals surface area contributed by atoms with Gasteiger partial charge < -0.3 is 4.52 Å². The lowest BCUT2D eigenvalue weighted by molar-refractivity contribution is 0.379. The van der Waals surface area contributed by atoms with Gasteiger partial charge in [0.05, 0.1) is 4.90 Å². The van der Waals surface area contributed by atoms with E-state index in [1.807, 2.05) is 0 Å². The van der Waals surface area contributed by atoms with Crippen LogP contribution < -0.4 is 4.72 Å². The van der Waals surface area contributed by atoms with E-state index in [1.54, 1.807) is 12.1 Å².